The highest BCUT2D eigenvalue weighted by Gasteiger charge is 2.39. The van der Waals surface area contributed by atoms with Gasteiger partial charge in [0.1, 0.15) is 11.6 Å². The number of pyridine rings is 1. The summed E-state index contributed by atoms with van der Waals surface area (Å²) in [6.45, 7) is 5.43. The molecule has 0 bridgehead atoms. The Labute approximate surface area is 185 Å². The van der Waals surface area contributed by atoms with E-state index in [-0.39, 0.29) is 29.5 Å². The molecule has 0 saturated heterocycles. The molecular weight excluding hydrogens is 450 g/mol. The number of anilines is 2. The van der Waals surface area contributed by atoms with Crippen LogP contribution in [0, 0.1) is 11.7 Å². The molecule has 0 unspecified atom stereocenters. The Morgan fingerprint density at radius 1 is 1.09 bits per heavy atom. The minimum absolute atomic E-state index is 0.0257. The van der Waals surface area contributed by atoms with E-state index in [1.54, 1.807) is 17.0 Å². The van der Waals surface area contributed by atoms with Crippen LogP contribution in [0.2, 0.25) is 0 Å². The SMILES string of the molecule is CC(=O)N1c2ccc(C(=O)O)cc2[C@H](Nc2ccc(F)cn2)[C@@H](C)[C@@H]1C.O=C(O)C(F)(F)F. The van der Waals surface area contributed by atoms with Crippen molar-refractivity contribution in [3.8, 4) is 0 Å². The van der Waals surface area contributed by atoms with E-state index in [4.69, 9.17) is 9.90 Å². The molecule has 8 nitrogen and oxygen atoms in total. The fourth-order valence-electron chi connectivity index (χ4n) is 3.46. The number of amides is 1. The van der Waals surface area contributed by atoms with E-state index in [0.717, 1.165) is 6.20 Å². The molecule has 1 aromatic heterocycles. The van der Waals surface area contributed by atoms with Crippen LogP contribution >= 0.6 is 0 Å². The van der Waals surface area contributed by atoms with Crippen molar-refractivity contribution in [2.45, 2.75) is 39.0 Å². The van der Waals surface area contributed by atoms with E-state index in [2.05, 4.69) is 10.3 Å². The lowest BCUT2D eigenvalue weighted by Gasteiger charge is -2.44. The second kappa shape index (κ2) is 9.84. The molecule has 2 aromatic rings. The van der Waals surface area contributed by atoms with Gasteiger partial charge in [-0.25, -0.2) is 19.0 Å². The number of benzene rings is 1. The number of carbonyl (C=O) groups is 3. The van der Waals surface area contributed by atoms with Gasteiger partial charge in [0.15, 0.2) is 0 Å². The largest absolute Gasteiger partial charge is 0.490 e. The first-order valence-electron chi connectivity index (χ1n) is 9.59. The minimum atomic E-state index is -5.08. The molecule has 1 aliphatic rings. The van der Waals surface area contributed by atoms with Crippen molar-refractivity contribution in [1.82, 2.24) is 4.98 Å². The number of aromatic carboxylic acids is 1. The van der Waals surface area contributed by atoms with Gasteiger partial charge in [-0.2, -0.15) is 13.2 Å². The number of carboxylic acids is 2. The summed E-state index contributed by atoms with van der Waals surface area (Å²) in [4.78, 5) is 38.2. The molecular formula is C21H21F4N3O5. The number of nitrogens with one attached hydrogen (secondary N) is 1. The number of nitrogens with zero attached hydrogens (tertiary/aromatic N) is 2. The van der Waals surface area contributed by atoms with Crippen molar-refractivity contribution in [3.05, 3.63) is 53.5 Å². The minimum Gasteiger partial charge on any atom is -0.478 e. The van der Waals surface area contributed by atoms with Gasteiger partial charge in [-0.15, -0.1) is 0 Å². The van der Waals surface area contributed by atoms with Crippen LogP contribution in [0.5, 0.6) is 0 Å². The van der Waals surface area contributed by atoms with Crippen LogP contribution in [0.3, 0.4) is 0 Å². The smallest absolute Gasteiger partial charge is 0.478 e. The Morgan fingerprint density at radius 3 is 2.15 bits per heavy atom. The maximum Gasteiger partial charge on any atom is 0.490 e. The molecule has 178 valence electrons. The summed E-state index contributed by atoms with van der Waals surface area (Å²) in [5, 5.41) is 19.7. The van der Waals surface area contributed by atoms with E-state index >= 15 is 0 Å². The number of carbonyl (C=O) groups excluding carboxylic acids is 1. The van der Waals surface area contributed by atoms with Crippen LogP contribution in [-0.2, 0) is 9.59 Å². The molecule has 0 aliphatic carbocycles. The number of aliphatic carboxylic acids is 1. The average molecular weight is 471 g/mol. The lowest BCUT2D eigenvalue weighted by atomic mass is 9.82. The Bertz CT molecular complexity index is 1040. The summed E-state index contributed by atoms with van der Waals surface area (Å²) in [6, 6.07) is 7.20. The summed E-state index contributed by atoms with van der Waals surface area (Å²) < 4.78 is 44.9. The van der Waals surface area contributed by atoms with Crippen molar-refractivity contribution in [2.75, 3.05) is 10.2 Å². The number of carboxylic acid groups (broad SMARTS) is 2. The molecule has 0 fully saturated rings. The van der Waals surface area contributed by atoms with E-state index < -0.39 is 23.9 Å². The molecule has 3 rings (SSSR count). The predicted molar refractivity (Wildman–Crippen MR) is 109 cm³/mol. The second-order valence-electron chi connectivity index (χ2n) is 7.35. The van der Waals surface area contributed by atoms with Gasteiger partial charge < -0.3 is 20.4 Å². The standard InChI is InChI=1S/C19H20FN3O3.C2HF3O2/c1-10-11(2)23(12(3)24)16-6-4-13(19(25)26)8-15(16)18(10)22-17-7-5-14(20)9-21-17;3-2(4,5)1(6)7/h4-11,18H,1-3H3,(H,21,22)(H,25,26);(H,6,7)/t10-,11-,18+;/m0./s1. The summed E-state index contributed by atoms with van der Waals surface area (Å²) in [5.41, 5.74) is 1.53. The molecule has 2 heterocycles. The van der Waals surface area contributed by atoms with Crippen LogP contribution in [0.4, 0.5) is 29.1 Å². The lowest BCUT2D eigenvalue weighted by molar-refractivity contribution is -0.192. The number of alkyl halides is 3. The van der Waals surface area contributed by atoms with Crippen LogP contribution in [0.1, 0.15) is 42.7 Å². The van der Waals surface area contributed by atoms with Crippen LogP contribution in [-0.4, -0.2) is 45.3 Å². The van der Waals surface area contributed by atoms with E-state index in [1.165, 1.54) is 25.1 Å². The number of rotatable bonds is 3. The predicted octanol–water partition coefficient (Wildman–Crippen LogP) is 4.10. The molecule has 33 heavy (non-hydrogen) atoms. The lowest BCUT2D eigenvalue weighted by Crippen LogP contribution is -2.48. The van der Waals surface area contributed by atoms with Crippen molar-refractivity contribution < 1.29 is 42.2 Å². The van der Waals surface area contributed by atoms with E-state index in [1.807, 2.05) is 13.8 Å². The van der Waals surface area contributed by atoms with Crippen molar-refractivity contribution >= 4 is 29.4 Å². The first-order chi connectivity index (χ1) is 15.2. The van der Waals surface area contributed by atoms with Gasteiger partial charge in [-0.1, -0.05) is 6.92 Å². The Hall–Kier alpha value is -3.70. The maximum absolute atomic E-state index is 13.1. The number of hydrogen-bond acceptors (Lipinski definition) is 5. The second-order valence-corrected chi connectivity index (χ2v) is 7.35. The number of fused-ring (bicyclic) bond motifs is 1. The highest BCUT2D eigenvalue weighted by molar-refractivity contribution is 5.95. The molecule has 0 radical (unpaired) electrons. The molecule has 3 atom stereocenters. The van der Waals surface area contributed by atoms with Gasteiger partial charge in [-0.05, 0) is 42.8 Å². The Kier molecular flexibility index (Phi) is 7.62. The van der Waals surface area contributed by atoms with Gasteiger partial charge in [0.05, 0.1) is 17.8 Å². The van der Waals surface area contributed by atoms with E-state index in [0.29, 0.717) is 17.1 Å². The molecule has 1 amide bonds. The highest BCUT2D eigenvalue weighted by atomic mass is 19.4. The van der Waals surface area contributed by atoms with Crippen molar-refractivity contribution in [2.24, 2.45) is 5.92 Å². The summed E-state index contributed by atoms with van der Waals surface area (Å²) >= 11 is 0. The zero-order valence-corrected chi connectivity index (χ0v) is 17.7. The van der Waals surface area contributed by atoms with Gasteiger partial charge in [-0.3, -0.25) is 4.79 Å². The molecule has 0 saturated carbocycles. The fraction of sp³-hybridized carbons (Fsp3) is 0.333. The Morgan fingerprint density at radius 2 is 1.70 bits per heavy atom. The van der Waals surface area contributed by atoms with Crippen LogP contribution in [0.15, 0.2) is 36.5 Å². The molecule has 0 spiro atoms. The first kappa shape index (κ1) is 25.6. The van der Waals surface area contributed by atoms with Crippen molar-refractivity contribution in [1.29, 1.82) is 0 Å². The summed E-state index contributed by atoms with van der Waals surface area (Å²) in [5.74, 6) is -3.87. The number of aromatic nitrogens is 1. The quantitative estimate of drug-likeness (QED) is 0.577. The number of hydrogen-bond donors (Lipinski definition) is 3. The van der Waals surface area contributed by atoms with Gasteiger partial charge in [0, 0.05) is 24.6 Å². The third-order valence-electron chi connectivity index (χ3n) is 5.18. The monoisotopic (exact) mass is 471 g/mol. The first-order valence-corrected chi connectivity index (χ1v) is 9.59. The highest BCUT2D eigenvalue weighted by Crippen LogP contribution is 2.42. The summed E-state index contributed by atoms with van der Waals surface area (Å²) in [6.07, 6.45) is -3.96. The van der Waals surface area contributed by atoms with Gasteiger partial charge in [0.2, 0.25) is 5.91 Å². The zero-order chi connectivity index (χ0) is 25.1. The Balaban J connectivity index is 0.000000479. The zero-order valence-electron chi connectivity index (χ0n) is 17.7. The van der Waals surface area contributed by atoms with Crippen LogP contribution in [0.25, 0.3) is 0 Å². The summed E-state index contributed by atoms with van der Waals surface area (Å²) in [7, 11) is 0. The average Bonchev–Trinajstić information content (AvgIpc) is 2.72. The topological polar surface area (TPSA) is 120 Å². The maximum atomic E-state index is 13.1. The third kappa shape index (κ3) is 5.96. The van der Waals surface area contributed by atoms with Gasteiger partial charge >= 0.3 is 18.1 Å². The van der Waals surface area contributed by atoms with Crippen molar-refractivity contribution in [3.63, 3.8) is 0 Å². The normalized spacial score (nSPS) is 19.6. The fourth-order valence-corrected chi connectivity index (χ4v) is 3.46. The van der Waals surface area contributed by atoms with Gasteiger partial charge in [0.25, 0.3) is 0 Å². The third-order valence-corrected chi connectivity index (χ3v) is 5.18. The molecule has 3 N–H and O–H groups in total. The van der Waals surface area contributed by atoms with E-state index in [9.17, 15) is 32.3 Å². The molecule has 1 aliphatic heterocycles. The number of halogens is 4. The molecule has 1 aromatic carbocycles. The molecule has 12 heteroatoms. The van der Waals surface area contributed by atoms with Crippen LogP contribution < -0.4 is 10.2 Å².